The fourth-order valence-corrected chi connectivity index (χ4v) is 1.08. The van der Waals surface area contributed by atoms with Crippen molar-refractivity contribution in [2.45, 2.75) is 0 Å². The number of methoxy groups -OCH3 is 1. The van der Waals surface area contributed by atoms with Gasteiger partial charge in [-0.3, -0.25) is 0 Å². The summed E-state index contributed by atoms with van der Waals surface area (Å²) in [6.45, 7) is 0.101. The molecular formula is C10H11NO3S. The van der Waals surface area contributed by atoms with Crippen molar-refractivity contribution < 1.29 is 14.3 Å². The Kier molecular flexibility index (Phi) is 4.05. The van der Waals surface area contributed by atoms with E-state index in [0.29, 0.717) is 11.3 Å². The van der Waals surface area contributed by atoms with E-state index in [2.05, 4.69) is 17.0 Å². The highest BCUT2D eigenvalue weighted by atomic mass is 32.1. The fraction of sp³-hybridized carbons (Fsp3) is 0.200. The van der Waals surface area contributed by atoms with Crippen molar-refractivity contribution in [2.24, 2.45) is 5.73 Å². The Morgan fingerprint density at radius 1 is 1.47 bits per heavy atom. The summed E-state index contributed by atoms with van der Waals surface area (Å²) in [7, 11) is 1.31. The minimum atomic E-state index is -0.450. The van der Waals surface area contributed by atoms with Crippen molar-refractivity contribution >= 4 is 23.2 Å². The molecule has 0 aliphatic heterocycles. The maximum absolute atomic E-state index is 11.3. The molecule has 80 valence electrons. The molecule has 0 saturated carbocycles. The van der Waals surface area contributed by atoms with Crippen molar-refractivity contribution in [3.63, 3.8) is 0 Å². The molecule has 1 aromatic carbocycles. The smallest absolute Gasteiger partial charge is 0.341 e. The zero-order valence-electron chi connectivity index (χ0n) is 8.23. The van der Waals surface area contributed by atoms with Crippen LogP contribution in [0.2, 0.25) is 0 Å². The van der Waals surface area contributed by atoms with Crippen LogP contribution in [0.5, 0.6) is 5.75 Å². The van der Waals surface area contributed by atoms with Crippen LogP contribution in [-0.2, 0) is 4.74 Å². The Bertz CT molecular complexity index is 379. The first-order valence-corrected chi connectivity index (χ1v) is 4.64. The minimum Gasteiger partial charge on any atom is -0.486 e. The number of nitrogens with two attached hydrogens (primary N) is 1. The zero-order valence-corrected chi connectivity index (χ0v) is 9.04. The monoisotopic (exact) mass is 225 g/mol. The van der Waals surface area contributed by atoms with E-state index >= 15 is 0 Å². The van der Waals surface area contributed by atoms with Gasteiger partial charge in [0.1, 0.15) is 22.9 Å². The van der Waals surface area contributed by atoms with E-state index in [4.69, 9.17) is 10.5 Å². The molecule has 0 aromatic heterocycles. The number of ether oxygens (including phenoxy) is 2. The molecule has 0 radical (unpaired) electrons. The number of benzene rings is 1. The maximum atomic E-state index is 11.3. The average molecular weight is 225 g/mol. The third-order valence-corrected chi connectivity index (χ3v) is 1.78. The van der Waals surface area contributed by atoms with Crippen molar-refractivity contribution in [3.8, 4) is 5.75 Å². The number of rotatable bonds is 4. The highest BCUT2D eigenvalue weighted by Gasteiger charge is 2.11. The second-order valence-corrected chi connectivity index (χ2v) is 3.27. The fourth-order valence-electron chi connectivity index (χ4n) is 1.02. The van der Waals surface area contributed by atoms with Gasteiger partial charge in [0.2, 0.25) is 0 Å². The molecule has 0 bridgehead atoms. The Labute approximate surface area is 93.0 Å². The van der Waals surface area contributed by atoms with Gasteiger partial charge >= 0.3 is 5.97 Å². The maximum Gasteiger partial charge on any atom is 0.341 e. The molecule has 0 unspecified atom stereocenters. The van der Waals surface area contributed by atoms with Gasteiger partial charge in [-0.05, 0) is 12.1 Å². The molecular weight excluding hydrogens is 214 g/mol. The molecule has 0 atom stereocenters. The van der Waals surface area contributed by atoms with E-state index in [1.165, 1.54) is 7.11 Å². The summed E-state index contributed by atoms with van der Waals surface area (Å²) in [5, 5.41) is 0. The summed E-state index contributed by atoms with van der Waals surface area (Å²) in [6.07, 6.45) is 0. The molecule has 0 spiro atoms. The first kappa shape index (κ1) is 11.5. The number of carbonyl (C=O) groups excluding carboxylic acids is 1. The molecule has 15 heavy (non-hydrogen) atoms. The van der Waals surface area contributed by atoms with Gasteiger partial charge in [0, 0.05) is 0 Å². The van der Waals surface area contributed by atoms with Crippen LogP contribution in [-0.4, -0.2) is 24.7 Å². The van der Waals surface area contributed by atoms with Crippen molar-refractivity contribution in [2.75, 3.05) is 13.7 Å². The third-order valence-electron chi connectivity index (χ3n) is 1.66. The van der Waals surface area contributed by atoms with E-state index in [1.807, 2.05) is 0 Å². The van der Waals surface area contributed by atoms with Gasteiger partial charge in [-0.25, -0.2) is 4.79 Å². The standard InChI is InChI=1S/C10H11NO3S/c1-13-10(12)7-4-2-3-5-8(7)14-6-9(11)15/h2-5H,6H2,1H3,(H2,11,15). The molecule has 0 saturated heterocycles. The first-order valence-electron chi connectivity index (χ1n) is 4.23. The topological polar surface area (TPSA) is 61.5 Å². The summed E-state index contributed by atoms with van der Waals surface area (Å²) < 4.78 is 9.86. The SMILES string of the molecule is COC(=O)c1ccccc1OCC(N)=S. The number of para-hydroxylation sites is 1. The highest BCUT2D eigenvalue weighted by Crippen LogP contribution is 2.18. The summed E-state index contributed by atoms with van der Waals surface area (Å²) in [5.74, 6) is -0.0364. The summed E-state index contributed by atoms with van der Waals surface area (Å²) >= 11 is 4.67. The van der Waals surface area contributed by atoms with Crippen LogP contribution >= 0.6 is 12.2 Å². The molecule has 5 heteroatoms. The van der Waals surface area contributed by atoms with Crippen LogP contribution in [0.1, 0.15) is 10.4 Å². The van der Waals surface area contributed by atoms with Crippen LogP contribution in [0.25, 0.3) is 0 Å². The van der Waals surface area contributed by atoms with Gasteiger partial charge in [-0.1, -0.05) is 24.4 Å². The Morgan fingerprint density at radius 2 is 2.13 bits per heavy atom. The predicted molar refractivity (Wildman–Crippen MR) is 60.1 cm³/mol. The number of esters is 1. The number of carbonyl (C=O) groups is 1. The number of thiocarbonyl (C=S) groups is 1. The summed E-state index contributed by atoms with van der Waals surface area (Å²) in [5.41, 5.74) is 5.65. The van der Waals surface area contributed by atoms with E-state index in [9.17, 15) is 4.79 Å². The largest absolute Gasteiger partial charge is 0.486 e. The molecule has 2 N–H and O–H groups in total. The zero-order chi connectivity index (χ0) is 11.3. The van der Waals surface area contributed by atoms with Crippen molar-refractivity contribution in [3.05, 3.63) is 29.8 Å². The number of hydrogen-bond donors (Lipinski definition) is 1. The van der Waals surface area contributed by atoms with Gasteiger partial charge in [-0.15, -0.1) is 0 Å². The van der Waals surface area contributed by atoms with Crippen LogP contribution in [0, 0.1) is 0 Å². The van der Waals surface area contributed by atoms with E-state index in [-0.39, 0.29) is 11.6 Å². The molecule has 1 aromatic rings. The highest BCUT2D eigenvalue weighted by molar-refractivity contribution is 7.80. The lowest BCUT2D eigenvalue weighted by molar-refractivity contribution is 0.0596. The van der Waals surface area contributed by atoms with Crippen LogP contribution < -0.4 is 10.5 Å². The second kappa shape index (κ2) is 5.31. The average Bonchev–Trinajstić information content (AvgIpc) is 2.25. The molecule has 0 aliphatic carbocycles. The molecule has 0 fully saturated rings. The van der Waals surface area contributed by atoms with Crippen LogP contribution in [0.3, 0.4) is 0 Å². The first-order chi connectivity index (χ1) is 7.15. The van der Waals surface area contributed by atoms with Gasteiger partial charge in [-0.2, -0.15) is 0 Å². The van der Waals surface area contributed by atoms with E-state index in [1.54, 1.807) is 24.3 Å². The van der Waals surface area contributed by atoms with Gasteiger partial charge < -0.3 is 15.2 Å². The van der Waals surface area contributed by atoms with Crippen molar-refractivity contribution in [1.29, 1.82) is 0 Å². The van der Waals surface area contributed by atoms with E-state index in [0.717, 1.165) is 0 Å². The van der Waals surface area contributed by atoms with Gasteiger partial charge in [0.05, 0.1) is 7.11 Å². The Morgan fingerprint density at radius 3 is 2.73 bits per heavy atom. The minimum absolute atomic E-state index is 0.101. The summed E-state index contributed by atoms with van der Waals surface area (Å²) in [4.78, 5) is 11.5. The predicted octanol–water partition coefficient (Wildman–Crippen LogP) is 1.14. The van der Waals surface area contributed by atoms with Crippen LogP contribution in [0.15, 0.2) is 24.3 Å². The Hall–Kier alpha value is -1.62. The van der Waals surface area contributed by atoms with E-state index < -0.39 is 5.97 Å². The summed E-state index contributed by atoms with van der Waals surface area (Å²) in [6, 6.07) is 6.74. The normalized spacial score (nSPS) is 9.40. The molecule has 1 rings (SSSR count). The lowest BCUT2D eigenvalue weighted by Crippen LogP contribution is -2.19. The number of hydrogen-bond acceptors (Lipinski definition) is 4. The van der Waals surface area contributed by atoms with Gasteiger partial charge in [0.25, 0.3) is 0 Å². The second-order valence-electron chi connectivity index (χ2n) is 2.74. The van der Waals surface area contributed by atoms with Crippen LogP contribution in [0.4, 0.5) is 0 Å². The molecule has 0 heterocycles. The lowest BCUT2D eigenvalue weighted by atomic mass is 10.2. The third kappa shape index (κ3) is 3.21. The molecule has 0 amide bonds. The lowest BCUT2D eigenvalue weighted by Gasteiger charge is -2.08. The molecule has 0 aliphatic rings. The van der Waals surface area contributed by atoms with Crippen molar-refractivity contribution in [1.82, 2.24) is 0 Å². The molecule has 4 nitrogen and oxygen atoms in total. The quantitative estimate of drug-likeness (QED) is 0.615. The van der Waals surface area contributed by atoms with Gasteiger partial charge in [0.15, 0.2) is 0 Å². The Balaban J connectivity index is 2.86.